The van der Waals surface area contributed by atoms with Gasteiger partial charge in [0.15, 0.2) is 0 Å². The highest BCUT2D eigenvalue weighted by molar-refractivity contribution is 5.75. The minimum absolute atomic E-state index is 0.0340. The van der Waals surface area contributed by atoms with E-state index in [1.54, 1.807) is 4.68 Å². The second kappa shape index (κ2) is 8.12. The number of hydrogen-bond acceptors (Lipinski definition) is 4. The lowest BCUT2D eigenvalue weighted by atomic mass is 9.86. The van der Waals surface area contributed by atoms with Crippen LogP contribution in [0.25, 0.3) is 0 Å². The molecule has 2 rings (SSSR count). The predicted molar refractivity (Wildman–Crippen MR) is 81.6 cm³/mol. The van der Waals surface area contributed by atoms with E-state index in [9.17, 15) is 4.79 Å². The number of carbonyl (C=O) groups is 1. The van der Waals surface area contributed by atoms with E-state index in [1.807, 2.05) is 6.20 Å². The lowest BCUT2D eigenvalue weighted by Crippen LogP contribution is -2.42. The van der Waals surface area contributed by atoms with Crippen LogP contribution in [0.3, 0.4) is 0 Å². The Hall–Kier alpha value is -1.43. The molecular weight excluding hydrogens is 266 g/mol. The van der Waals surface area contributed by atoms with Crippen LogP contribution in [0, 0.1) is 5.92 Å². The van der Waals surface area contributed by atoms with E-state index in [0.717, 1.165) is 25.1 Å². The van der Waals surface area contributed by atoms with Gasteiger partial charge in [-0.15, -0.1) is 5.10 Å². The average Bonchev–Trinajstić information content (AvgIpc) is 2.89. The van der Waals surface area contributed by atoms with Crippen molar-refractivity contribution < 1.29 is 4.79 Å². The topological polar surface area (TPSA) is 71.8 Å². The van der Waals surface area contributed by atoms with E-state index in [-0.39, 0.29) is 12.5 Å². The van der Waals surface area contributed by atoms with E-state index >= 15 is 0 Å². The molecule has 0 saturated heterocycles. The van der Waals surface area contributed by atoms with Gasteiger partial charge in [-0.2, -0.15) is 0 Å². The molecule has 6 heteroatoms. The van der Waals surface area contributed by atoms with Crippen LogP contribution in [-0.2, 0) is 17.9 Å². The van der Waals surface area contributed by atoms with E-state index in [1.165, 1.54) is 19.3 Å². The Labute approximate surface area is 126 Å². The molecule has 2 atom stereocenters. The second-order valence-electron chi connectivity index (χ2n) is 6.02. The number of carbonyl (C=O) groups excluding carboxylic acids is 1. The summed E-state index contributed by atoms with van der Waals surface area (Å²) in [6, 6.07) is 0.320. The Morgan fingerprint density at radius 1 is 1.43 bits per heavy atom. The van der Waals surface area contributed by atoms with Crippen molar-refractivity contribution in [2.75, 3.05) is 6.54 Å². The van der Waals surface area contributed by atoms with Crippen LogP contribution in [0.2, 0.25) is 0 Å². The normalized spacial score (nSPS) is 22.2. The monoisotopic (exact) mass is 293 g/mol. The number of nitrogens with one attached hydrogen (secondary N) is 2. The summed E-state index contributed by atoms with van der Waals surface area (Å²) >= 11 is 0. The van der Waals surface area contributed by atoms with Gasteiger partial charge in [-0.3, -0.25) is 4.79 Å². The summed E-state index contributed by atoms with van der Waals surface area (Å²) in [5.41, 5.74) is 0.877. The number of rotatable bonds is 7. The molecule has 6 nitrogen and oxygen atoms in total. The lowest BCUT2D eigenvalue weighted by molar-refractivity contribution is -0.123. The summed E-state index contributed by atoms with van der Waals surface area (Å²) in [5.74, 6) is 0.610. The molecule has 1 aromatic rings. The van der Waals surface area contributed by atoms with Gasteiger partial charge in [0.2, 0.25) is 5.91 Å². The van der Waals surface area contributed by atoms with Gasteiger partial charge in [0.25, 0.3) is 0 Å². The van der Waals surface area contributed by atoms with Crippen molar-refractivity contribution in [3.63, 3.8) is 0 Å². The largest absolute Gasteiger partial charge is 0.351 e. The molecule has 0 radical (unpaired) electrons. The fourth-order valence-corrected chi connectivity index (χ4v) is 2.82. The molecule has 0 spiro atoms. The fourth-order valence-electron chi connectivity index (χ4n) is 2.82. The highest BCUT2D eigenvalue weighted by Gasteiger charge is 2.22. The first kappa shape index (κ1) is 15.9. The summed E-state index contributed by atoms with van der Waals surface area (Å²) in [6.07, 6.45) is 7.73. The van der Waals surface area contributed by atoms with Crippen LogP contribution in [0.15, 0.2) is 6.20 Å². The first-order chi connectivity index (χ1) is 10.2. The van der Waals surface area contributed by atoms with Crippen LogP contribution in [0.4, 0.5) is 0 Å². The van der Waals surface area contributed by atoms with E-state index in [4.69, 9.17) is 0 Å². The van der Waals surface area contributed by atoms with E-state index in [0.29, 0.717) is 18.5 Å². The smallest absolute Gasteiger partial charge is 0.242 e. The van der Waals surface area contributed by atoms with Crippen LogP contribution >= 0.6 is 0 Å². The molecular formula is C15H27N5O. The Balaban J connectivity index is 1.77. The van der Waals surface area contributed by atoms with Gasteiger partial charge in [0.1, 0.15) is 6.54 Å². The Bertz CT molecular complexity index is 445. The maximum absolute atomic E-state index is 12.1. The first-order valence-corrected chi connectivity index (χ1v) is 8.08. The Morgan fingerprint density at radius 2 is 2.24 bits per heavy atom. The highest BCUT2D eigenvalue weighted by atomic mass is 16.2. The molecule has 1 aromatic heterocycles. The molecule has 1 fully saturated rings. The molecule has 21 heavy (non-hydrogen) atoms. The van der Waals surface area contributed by atoms with Gasteiger partial charge < -0.3 is 10.6 Å². The molecule has 0 aromatic carbocycles. The molecule has 0 bridgehead atoms. The van der Waals surface area contributed by atoms with Crippen LogP contribution in [0.1, 0.15) is 51.6 Å². The number of aromatic nitrogens is 3. The summed E-state index contributed by atoms with van der Waals surface area (Å²) < 4.78 is 1.62. The van der Waals surface area contributed by atoms with Crippen molar-refractivity contribution in [1.29, 1.82) is 0 Å². The quantitative estimate of drug-likeness (QED) is 0.747. The third-order valence-electron chi connectivity index (χ3n) is 4.08. The molecule has 118 valence electrons. The molecule has 1 amide bonds. The Kier molecular flexibility index (Phi) is 6.17. The van der Waals surface area contributed by atoms with Crippen molar-refractivity contribution in [3.05, 3.63) is 11.9 Å². The van der Waals surface area contributed by atoms with Crippen molar-refractivity contribution >= 4 is 5.91 Å². The minimum atomic E-state index is 0.0340. The summed E-state index contributed by atoms with van der Waals surface area (Å²) in [7, 11) is 0. The summed E-state index contributed by atoms with van der Waals surface area (Å²) in [4.78, 5) is 12.1. The summed E-state index contributed by atoms with van der Waals surface area (Å²) in [5, 5.41) is 14.5. The highest BCUT2D eigenvalue weighted by Crippen LogP contribution is 2.23. The zero-order valence-electron chi connectivity index (χ0n) is 13.1. The summed E-state index contributed by atoms with van der Waals surface area (Å²) in [6.45, 7) is 6.27. The van der Waals surface area contributed by atoms with Crippen molar-refractivity contribution in [2.24, 2.45) is 5.92 Å². The van der Waals surface area contributed by atoms with E-state index in [2.05, 4.69) is 34.8 Å². The Morgan fingerprint density at radius 3 is 3.00 bits per heavy atom. The van der Waals surface area contributed by atoms with Crippen LogP contribution in [0.5, 0.6) is 0 Å². The predicted octanol–water partition coefficient (Wildman–Crippen LogP) is 1.47. The maximum atomic E-state index is 12.1. The molecule has 1 saturated carbocycles. The van der Waals surface area contributed by atoms with Gasteiger partial charge in [-0.25, -0.2) is 4.68 Å². The molecule has 1 heterocycles. The zero-order chi connectivity index (χ0) is 15.1. The fraction of sp³-hybridized carbons (Fsp3) is 0.800. The van der Waals surface area contributed by atoms with Gasteiger partial charge >= 0.3 is 0 Å². The van der Waals surface area contributed by atoms with Crippen molar-refractivity contribution in [3.8, 4) is 0 Å². The molecule has 0 aliphatic heterocycles. The zero-order valence-corrected chi connectivity index (χ0v) is 13.1. The van der Waals surface area contributed by atoms with Crippen LogP contribution < -0.4 is 10.6 Å². The standard InChI is InChI=1S/C15H27N5O/c1-3-8-16-9-13-10-20(19-18-13)11-15(21)17-14-7-5-4-6-12(14)2/h10,12,14,16H,3-9,11H2,1-2H3,(H,17,21). The minimum Gasteiger partial charge on any atom is -0.351 e. The van der Waals surface area contributed by atoms with Gasteiger partial charge in [-0.05, 0) is 31.7 Å². The van der Waals surface area contributed by atoms with E-state index < -0.39 is 0 Å². The van der Waals surface area contributed by atoms with Gasteiger partial charge in [-0.1, -0.05) is 31.9 Å². The van der Waals surface area contributed by atoms with Crippen molar-refractivity contribution in [1.82, 2.24) is 25.6 Å². The molecule has 1 aliphatic rings. The lowest BCUT2D eigenvalue weighted by Gasteiger charge is -2.29. The van der Waals surface area contributed by atoms with Crippen LogP contribution in [-0.4, -0.2) is 33.5 Å². The molecule has 2 unspecified atom stereocenters. The molecule has 1 aliphatic carbocycles. The number of hydrogen-bond donors (Lipinski definition) is 2. The van der Waals surface area contributed by atoms with Gasteiger partial charge in [0.05, 0.1) is 11.9 Å². The maximum Gasteiger partial charge on any atom is 0.242 e. The number of amides is 1. The van der Waals surface area contributed by atoms with Gasteiger partial charge in [0, 0.05) is 12.6 Å². The average molecular weight is 293 g/mol. The number of nitrogens with zero attached hydrogens (tertiary/aromatic N) is 3. The molecule has 2 N–H and O–H groups in total. The third-order valence-corrected chi connectivity index (χ3v) is 4.08. The first-order valence-electron chi connectivity index (χ1n) is 8.08. The second-order valence-corrected chi connectivity index (χ2v) is 6.02. The SMILES string of the molecule is CCCNCc1cn(CC(=O)NC2CCCCC2C)nn1. The third kappa shape index (κ3) is 5.12. The van der Waals surface area contributed by atoms with Crippen molar-refractivity contribution in [2.45, 2.75) is 65.1 Å².